The molecule has 1 atom stereocenters. The van der Waals surface area contributed by atoms with Crippen molar-refractivity contribution in [1.29, 1.82) is 0 Å². The monoisotopic (exact) mass is 243 g/mol. The molecule has 0 saturated carbocycles. The van der Waals surface area contributed by atoms with Gasteiger partial charge in [0.2, 0.25) is 0 Å². The molecule has 0 spiro atoms. The highest BCUT2D eigenvalue weighted by atomic mass is 16.5. The normalized spacial score (nSPS) is 11.9. The van der Waals surface area contributed by atoms with E-state index < -0.39 is 0 Å². The molecule has 0 aromatic carbocycles. The van der Waals surface area contributed by atoms with Gasteiger partial charge in [-0.3, -0.25) is 0 Å². The lowest BCUT2D eigenvalue weighted by Gasteiger charge is -2.10. The van der Waals surface area contributed by atoms with Crippen molar-refractivity contribution in [2.24, 2.45) is 5.92 Å². The zero-order chi connectivity index (χ0) is 13.1. The minimum Gasteiger partial charge on any atom is -0.449 e. The van der Waals surface area contributed by atoms with Crippen LogP contribution in [0.1, 0.15) is 52.9 Å². The van der Waals surface area contributed by atoms with Crippen LogP contribution in [0.15, 0.2) is 0 Å². The summed E-state index contributed by atoms with van der Waals surface area (Å²) in [6.45, 7) is 6.82. The lowest BCUT2D eigenvalue weighted by atomic mass is 10.1. The van der Waals surface area contributed by atoms with Crippen LogP contribution in [0.3, 0.4) is 0 Å². The second-order valence-corrected chi connectivity index (χ2v) is 4.55. The van der Waals surface area contributed by atoms with E-state index in [-0.39, 0.29) is 11.9 Å². The van der Waals surface area contributed by atoms with Gasteiger partial charge in [0.25, 0.3) is 0 Å². The maximum Gasteiger partial charge on any atom is 0.407 e. The molecule has 0 aliphatic carbocycles. The Morgan fingerprint density at radius 3 is 2.53 bits per heavy atom. The Balaban J connectivity index is 3.30. The number of unbranched alkanes of at least 4 members (excludes halogenated alkanes) is 2. The molecule has 0 rings (SSSR count). The van der Waals surface area contributed by atoms with Gasteiger partial charge in [0.15, 0.2) is 0 Å². The fourth-order valence-corrected chi connectivity index (χ4v) is 1.25. The van der Waals surface area contributed by atoms with Crippen molar-refractivity contribution in [1.82, 2.24) is 5.32 Å². The number of ether oxygens (including phenoxy) is 1. The first-order valence-corrected chi connectivity index (χ1v) is 6.46. The van der Waals surface area contributed by atoms with Crippen LogP contribution in [0, 0.1) is 5.92 Å². The van der Waals surface area contributed by atoms with Crippen LogP contribution < -0.4 is 5.32 Å². The quantitative estimate of drug-likeness (QED) is 0.633. The highest BCUT2D eigenvalue weighted by Gasteiger charge is 2.04. The van der Waals surface area contributed by atoms with Gasteiger partial charge in [-0.05, 0) is 25.7 Å². The molecule has 0 aliphatic heterocycles. The van der Waals surface area contributed by atoms with Gasteiger partial charge in [-0.25, -0.2) is 4.79 Å². The fraction of sp³-hybridized carbons (Fsp3) is 0.846. The Morgan fingerprint density at radius 1 is 1.24 bits per heavy atom. The first-order chi connectivity index (χ1) is 8.06. The van der Waals surface area contributed by atoms with E-state index in [2.05, 4.69) is 19.2 Å². The number of carbonyl (C=O) groups is 2. The van der Waals surface area contributed by atoms with Gasteiger partial charge in [-0.1, -0.05) is 26.7 Å². The summed E-state index contributed by atoms with van der Waals surface area (Å²) in [5.74, 6) is 0.641. The number of carbonyl (C=O) groups excluding carboxylic acids is 2. The highest BCUT2D eigenvalue weighted by molar-refractivity contribution is 5.75. The summed E-state index contributed by atoms with van der Waals surface area (Å²) < 4.78 is 5.04. The van der Waals surface area contributed by atoms with E-state index in [0.717, 1.165) is 25.7 Å². The summed E-state index contributed by atoms with van der Waals surface area (Å²) in [5.41, 5.74) is 0. The SMILES string of the molecule is CCC(C)COC(=O)NCCCCCC(C)=O. The summed E-state index contributed by atoms with van der Waals surface area (Å²) in [7, 11) is 0. The molecule has 0 heterocycles. The van der Waals surface area contributed by atoms with E-state index in [1.54, 1.807) is 6.92 Å². The van der Waals surface area contributed by atoms with Gasteiger partial charge in [-0.2, -0.15) is 0 Å². The van der Waals surface area contributed by atoms with E-state index in [4.69, 9.17) is 4.74 Å². The molecule has 100 valence electrons. The molecule has 1 N–H and O–H groups in total. The molecule has 17 heavy (non-hydrogen) atoms. The number of hydrogen-bond donors (Lipinski definition) is 1. The summed E-state index contributed by atoms with van der Waals surface area (Å²) in [6.07, 6.45) is 4.07. The van der Waals surface area contributed by atoms with Crippen LogP contribution >= 0.6 is 0 Å². The predicted molar refractivity (Wildman–Crippen MR) is 68.0 cm³/mol. The Labute approximate surface area is 104 Å². The standard InChI is InChI=1S/C13H25NO3/c1-4-11(2)10-17-13(16)14-9-7-5-6-8-12(3)15/h11H,4-10H2,1-3H3,(H,14,16). The fourth-order valence-electron chi connectivity index (χ4n) is 1.25. The van der Waals surface area contributed by atoms with E-state index in [9.17, 15) is 9.59 Å². The van der Waals surface area contributed by atoms with Gasteiger partial charge < -0.3 is 14.8 Å². The van der Waals surface area contributed by atoms with E-state index in [1.165, 1.54) is 0 Å². The molecular formula is C13H25NO3. The van der Waals surface area contributed by atoms with Gasteiger partial charge >= 0.3 is 6.09 Å². The number of nitrogens with one attached hydrogen (secondary N) is 1. The number of rotatable bonds is 9. The summed E-state index contributed by atoms with van der Waals surface area (Å²) in [4.78, 5) is 21.9. The lowest BCUT2D eigenvalue weighted by molar-refractivity contribution is -0.117. The van der Waals surface area contributed by atoms with E-state index >= 15 is 0 Å². The van der Waals surface area contributed by atoms with Crippen molar-refractivity contribution in [2.75, 3.05) is 13.2 Å². The number of hydrogen-bond acceptors (Lipinski definition) is 3. The maximum atomic E-state index is 11.2. The minimum atomic E-state index is -0.336. The molecule has 4 heteroatoms. The van der Waals surface area contributed by atoms with Gasteiger partial charge in [0, 0.05) is 13.0 Å². The van der Waals surface area contributed by atoms with Crippen molar-refractivity contribution >= 4 is 11.9 Å². The molecule has 0 aliphatic rings. The zero-order valence-corrected chi connectivity index (χ0v) is 11.3. The summed E-state index contributed by atoms with van der Waals surface area (Å²) in [5, 5.41) is 2.70. The van der Waals surface area contributed by atoms with Crippen molar-refractivity contribution in [3.63, 3.8) is 0 Å². The molecule has 1 amide bonds. The third-order valence-electron chi connectivity index (χ3n) is 2.67. The average molecular weight is 243 g/mol. The molecule has 0 fully saturated rings. The molecule has 4 nitrogen and oxygen atoms in total. The van der Waals surface area contributed by atoms with Gasteiger partial charge in [0.1, 0.15) is 5.78 Å². The summed E-state index contributed by atoms with van der Waals surface area (Å²) in [6, 6.07) is 0. The lowest BCUT2D eigenvalue weighted by Crippen LogP contribution is -2.26. The first kappa shape index (κ1) is 15.9. The van der Waals surface area contributed by atoms with Crippen LogP contribution in [-0.4, -0.2) is 25.0 Å². The Hall–Kier alpha value is -1.06. The van der Waals surface area contributed by atoms with Crippen LogP contribution in [0.25, 0.3) is 0 Å². The molecule has 0 radical (unpaired) electrons. The smallest absolute Gasteiger partial charge is 0.407 e. The Bertz CT molecular complexity index is 229. The predicted octanol–water partition coefficient (Wildman–Crippen LogP) is 2.91. The van der Waals surface area contributed by atoms with Gasteiger partial charge in [-0.15, -0.1) is 0 Å². The average Bonchev–Trinajstić information content (AvgIpc) is 2.30. The van der Waals surface area contributed by atoms with Crippen molar-refractivity contribution in [2.45, 2.75) is 52.9 Å². The Morgan fingerprint density at radius 2 is 1.94 bits per heavy atom. The molecule has 0 aromatic heterocycles. The van der Waals surface area contributed by atoms with Crippen LogP contribution in [0.2, 0.25) is 0 Å². The number of ketones is 1. The third-order valence-corrected chi connectivity index (χ3v) is 2.67. The Kier molecular flexibility index (Phi) is 9.49. The zero-order valence-electron chi connectivity index (χ0n) is 11.3. The molecular weight excluding hydrogens is 218 g/mol. The van der Waals surface area contributed by atoms with Gasteiger partial charge in [0.05, 0.1) is 6.61 Å². The molecule has 0 bridgehead atoms. The van der Waals surface area contributed by atoms with E-state index in [0.29, 0.717) is 25.5 Å². The molecule has 0 saturated heterocycles. The highest BCUT2D eigenvalue weighted by Crippen LogP contribution is 2.01. The van der Waals surface area contributed by atoms with Crippen LogP contribution in [0.5, 0.6) is 0 Å². The van der Waals surface area contributed by atoms with Crippen LogP contribution in [0.4, 0.5) is 4.79 Å². The van der Waals surface area contributed by atoms with Crippen molar-refractivity contribution in [3.05, 3.63) is 0 Å². The second-order valence-electron chi connectivity index (χ2n) is 4.55. The third kappa shape index (κ3) is 11.2. The number of alkyl carbamates (subject to hydrolysis) is 1. The molecule has 1 unspecified atom stereocenters. The largest absolute Gasteiger partial charge is 0.449 e. The van der Waals surface area contributed by atoms with Crippen LogP contribution in [-0.2, 0) is 9.53 Å². The molecule has 0 aromatic rings. The van der Waals surface area contributed by atoms with Crippen molar-refractivity contribution < 1.29 is 14.3 Å². The minimum absolute atomic E-state index is 0.228. The summed E-state index contributed by atoms with van der Waals surface area (Å²) >= 11 is 0. The maximum absolute atomic E-state index is 11.2. The topological polar surface area (TPSA) is 55.4 Å². The second kappa shape index (κ2) is 10.1. The first-order valence-electron chi connectivity index (χ1n) is 6.46. The van der Waals surface area contributed by atoms with E-state index in [1.807, 2.05) is 0 Å². The van der Waals surface area contributed by atoms with Crippen molar-refractivity contribution in [3.8, 4) is 0 Å². The number of Topliss-reactive ketones (excluding diaryl/α,β-unsaturated/α-hetero) is 1. The number of amides is 1.